The Kier molecular flexibility index (Phi) is 4.68. The van der Waals surface area contributed by atoms with E-state index in [2.05, 4.69) is 11.4 Å². The van der Waals surface area contributed by atoms with Gasteiger partial charge in [-0.1, -0.05) is 31.2 Å². The van der Waals surface area contributed by atoms with E-state index in [0.29, 0.717) is 16.9 Å². The lowest BCUT2D eigenvalue weighted by Crippen LogP contribution is -2.34. The first kappa shape index (κ1) is 17.7. The lowest BCUT2D eigenvalue weighted by Gasteiger charge is -2.26. The lowest BCUT2D eigenvalue weighted by atomic mass is 9.88. The fourth-order valence-electron chi connectivity index (χ4n) is 4.23. The second-order valence-corrected chi connectivity index (χ2v) is 7.36. The predicted octanol–water partition coefficient (Wildman–Crippen LogP) is 4.09. The van der Waals surface area contributed by atoms with E-state index >= 15 is 0 Å². The van der Waals surface area contributed by atoms with Crippen LogP contribution in [0.4, 0.5) is 4.39 Å². The molecular formula is C22H22FNO3. The molecule has 0 radical (unpaired) electrons. The van der Waals surface area contributed by atoms with Crippen LogP contribution in [0.1, 0.15) is 65.2 Å². The molecule has 0 aliphatic heterocycles. The van der Waals surface area contributed by atoms with Gasteiger partial charge in [-0.05, 0) is 48.4 Å². The number of Topliss-reactive ketones (excluding diaryl/α,β-unsaturated/α-hetero) is 1. The normalized spacial score (nSPS) is 20.7. The zero-order valence-electron chi connectivity index (χ0n) is 15.3. The Morgan fingerprint density at radius 1 is 1.26 bits per heavy atom. The molecule has 140 valence electrons. The molecule has 0 bridgehead atoms. The van der Waals surface area contributed by atoms with Crippen LogP contribution < -0.4 is 10.1 Å². The summed E-state index contributed by atoms with van der Waals surface area (Å²) in [6.07, 6.45) is 3.23. The summed E-state index contributed by atoms with van der Waals surface area (Å²) in [7, 11) is 0. The first-order valence-electron chi connectivity index (χ1n) is 9.40. The van der Waals surface area contributed by atoms with E-state index in [4.69, 9.17) is 4.74 Å². The molecule has 1 N–H and O–H groups in total. The van der Waals surface area contributed by atoms with Crippen molar-refractivity contribution in [2.24, 2.45) is 0 Å². The number of fused-ring (bicyclic) bond motifs is 2. The molecule has 0 aromatic heterocycles. The monoisotopic (exact) mass is 367 g/mol. The van der Waals surface area contributed by atoms with E-state index < -0.39 is 0 Å². The SMILES string of the molecule is C[C@@H]1CC(=O)c2c(OCC(=O)N[C@H]3CCCc4ccccc43)ccc(F)c21. The van der Waals surface area contributed by atoms with Gasteiger partial charge >= 0.3 is 0 Å². The summed E-state index contributed by atoms with van der Waals surface area (Å²) >= 11 is 0. The van der Waals surface area contributed by atoms with Gasteiger partial charge in [-0.2, -0.15) is 0 Å². The Morgan fingerprint density at radius 3 is 2.93 bits per heavy atom. The molecule has 2 aliphatic carbocycles. The molecule has 0 saturated heterocycles. The van der Waals surface area contributed by atoms with Gasteiger partial charge in [-0.25, -0.2) is 4.39 Å². The largest absolute Gasteiger partial charge is 0.483 e. The zero-order chi connectivity index (χ0) is 19.0. The van der Waals surface area contributed by atoms with Crippen molar-refractivity contribution in [3.63, 3.8) is 0 Å². The van der Waals surface area contributed by atoms with Crippen LogP contribution in [0.5, 0.6) is 5.75 Å². The Hall–Kier alpha value is -2.69. The van der Waals surface area contributed by atoms with Gasteiger partial charge in [0.05, 0.1) is 11.6 Å². The number of amides is 1. The molecule has 0 unspecified atom stereocenters. The number of hydrogen-bond donors (Lipinski definition) is 1. The molecule has 5 heteroatoms. The number of carbonyl (C=O) groups excluding carboxylic acids is 2. The van der Waals surface area contributed by atoms with Crippen LogP contribution in [0.15, 0.2) is 36.4 Å². The van der Waals surface area contributed by atoms with Crippen LogP contribution in [-0.2, 0) is 11.2 Å². The van der Waals surface area contributed by atoms with Crippen molar-refractivity contribution in [1.82, 2.24) is 5.32 Å². The van der Waals surface area contributed by atoms with Gasteiger partial charge in [0.25, 0.3) is 5.91 Å². The summed E-state index contributed by atoms with van der Waals surface area (Å²) in [5.74, 6) is -0.635. The lowest BCUT2D eigenvalue weighted by molar-refractivity contribution is -0.124. The van der Waals surface area contributed by atoms with Crippen molar-refractivity contribution in [2.75, 3.05) is 6.61 Å². The van der Waals surface area contributed by atoms with E-state index in [9.17, 15) is 14.0 Å². The molecule has 2 atom stereocenters. The number of halogens is 1. The van der Waals surface area contributed by atoms with Crippen LogP contribution >= 0.6 is 0 Å². The molecule has 0 saturated carbocycles. The van der Waals surface area contributed by atoms with Crippen molar-refractivity contribution in [3.8, 4) is 5.75 Å². The topological polar surface area (TPSA) is 55.4 Å². The summed E-state index contributed by atoms with van der Waals surface area (Å²) < 4.78 is 19.7. The minimum atomic E-state index is -0.390. The highest BCUT2D eigenvalue weighted by Gasteiger charge is 2.32. The molecule has 2 aliphatic rings. The fraction of sp³-hybridized carbons (Fsp3) is 0.364. The van der Waals surface area contributed by atoms with Crippen LogP contribution in [0.3, 0.4) is 0 Å². The molecule has 0 spiro atoms. The Balaban J connectivity index is 1.45. The predicted molar refractivity (Wildman–Crippen MR) is 99.5 cm³/mol. The van der Waals surface area contributed by atoms with E-state index in [-0.39, 0.29) is 42.5 Å². The number of hydrogen-bond acceptors (Lipinski definition) is 3. The molecule has 4 rings (SSSR count). The van der Waals surface area contributed by atoms with Gasteiger partial charge in [0.1, 0.15) is 11.6 Å². The number of nitrogens with one attached hydrogen (secondary N) is 1. The van der Waals surface area contributed by atoms with E-state index in [0.717, 1.165) is 24.8 Å². The number of carbonyl (C=O) groups is 2. The van der Waals surface area contributed by atoms with Crippen LogP contribution in [0, 0.1) is 5.82 Å². The smallest absolute Gasteiger partial charge is 0.258 e. The summed E-state index contributed by atoms with van der Waals surface area (Å²) in [4.78, 5) is 24.6. The van der Waals surface area contributed by atoms with Crippen molar-refractivity contribution >= 4 is 11.7 Å². The summed E-state index contributed by atoms with van der Waals surface area (Å²) in [6.45, 7) is 1.63. The second kappa shape index (κ2) is 7.14. The third-order valence-electron chi connectivity index (χ3n) is 5.48. The van der Waals surface area contributed by atoms with Crippen molar-refractivity contribution in [3.05, 3.63) is 64.5 Å². The number of benzene rings is 2. The molecule has 4 nitrogen and oxygen atoms in total. The first-order chi connectivity index (χ1) is 13.0. The average Bonchev–Trinajstić information content (AvgIpc) is 2.97. The quantitative estimate of drug-likeness (QED) is 0.886. The van der Waals surface area contributed by atoms with Gasteiger partial charge in [-0.3, -0.25) is 9.59 Å². The molecule has 0 heterocycles. The van der Waals surface area contributed by atoms with Crippen LogP contribution in [-0.4, -0.2) is 18.3 Å². The number of aryl methyl sites for hydroxylation is 1. The first-order valence-corrected chi connectivity index (χ1v) is 9.40. The van der Waals surface area contributed by atoms with E-state index in [1.54, 1.807) is 0 Å². The highest BCUT2D eigenvalue weighted by Crippen LogP contribution is 2.39. The minimum absolute atomic E-state index is 0.0216. The highest BCUT2D eigenvalue weighted by atomic mass is 19.1. The van der Waals surface area contributed by atoms with Crippen LogP contribution in [0.2, 0.25) is 0 Å². The van der Waals surface area contributed by atoms with E-state index in [1.807, 2.05) is 25.1 Å². The number of rotatable bonds is 4. The van der Waals surface area contributed by atoms with Crippen molar-refractivity contribution in [1.29, 1.82) is 0 Å². The minimum Gasteiger partial charge on any atom is -0.483 e. The Morgan fingerprint density at radius 2 is 2.07 bits per heavy atom. The highest BCUT2D eigenvalue weighted by molar-refractivity contribution is 6.03. The molecular weight excluding hydrogens is 345 g/mol. The fourth-order valence-corrected chi connectivity index (χ4v) is 4.23. The number of ether oxygens (including phenoxy) is 1. The van der Waals surface area contributed by atoms with Crippen molar-refractivity contribution in [2.45, 2.75) is 44.6 Å². The maximum Gasteiger partial charge on any atom is 0.258 e. The average molecular weight is 367 g/mol. The molecule has 2 aromatic rings. The van der Waals surface area contributed by atoms with Gasteiger partial charge in [0.15, 0.2) is 12.4 Å². The third-order valence-corrected chi connectivity index (χ3v) is 5.48. The molecule has 2 aromatic carbocycles. The number of ketones is 1. The zero-order valence-corrected chi connectivity index (χ0v) is 15.3. The Bertz CT molecular complexity index is 908. The van der Waals surface area contributed by atoms with Gasteiger partial charge in [0.2, 0.25) is 0 Å². The molecule has 1 amide bonds. The summed E-state index contributed by atoms with van der Waals surface area (Å²) in [5, 5.41) is 3.02. The maximum absolute atomic E-state index is 14.1. The third kappa shape index (κ3) is 3.34. The summed E-state index contributed by atoms with van der Waals surface area (Å²) in [5.41, 5.74) is 3.12. The Labute approximate surface area is 157 Å². The van der Waals surface area contributed by atoms with Gasteiger partial charge in [0, 0.05) is 12.0 Å². The van der Waals surface area contributed by atoms with Gasteiger partial charge in [-0.15, -0.1) is 0 Å². The van der Waals surface area contributed by atoms with Crippen molar-refractivity contribution < 1.29 is 18.7 Å². The molecule has 27 heavy (non-hydrogen) atoms. The molecule has 0 fully saturated rings. The standard InChI is InChI=1S/C22H22FNO3/c1-13-11-18(25)22-19(10-9-16(23)21(13)22)27-12-20(26)24-17-8-4-6-14-5-2-3-7-15(14)17/h2-3,5,7,9-10,13,17H,4,6,8,11-12H2,1H3,(H,24,26)/t13-,17+/m1/s1. The maximum atomic E-state index is 14.1. The van der Waals surface area contributed by atoms with Gasteiger partial charge < -0.3 is 10.1 Å². The van der Waals surface area contributed by atoms with E-state index in [1.165, 1.54) is 17.7 Å². The second-order valence-electron chi connectivity index (χ2n) is 7.36. The summed E-state index contributed by atoms with van der Waals surface area (Å²) in [6, 6.07) is 10.9. The van der Waals surface area contributed by atoms with Crippen LogP contribution in [0.25, 0.3) is 0 Å².